The monoisotopic (exact) mass is 474 g/mol. The average molecular weight is 475 g/mol. The Kier molecular flexibility index (Phi) is 8.55. The van der Waals surface area contributed by atoms with Crippen LogP contribution in [0.3, 0.4) is 0 Å². The normalized spacial score (nSPS) is 10.5. The number of hydrogen-bond donors (Lipinski definition) is 3. The van der Waals surface area contributed by atoms with Crippen LogP contribution in [0.2, 0.25) is 0 Å². The number of amides is 3. The Bertz CT molecular complexity index is 1260. The molecule has 0 aromatic heterocycles. The predicted molar refractivity (Wildman–Crippen MR) is 134 cm³/mol. The zero-order valence-corrected chi connectivity index (χ0v) is 19.6. The summed E-state index contributed by atoms with van der Waals surface area (Å²) in [5.74, 6) is -0.988. The van der Waals surface area contributed by atoms with Gasteiger partial charge in [-0.25, -0.2) is 5.43 Å². The van der Waals surface area contributed by atoms with Gasteiger partial charge < -0.3 is 20.1 Å². The maximum Gasteiger partial charge on any atom is 0.329 e. The van der Waals surface area contributed by atoms with Gasteiger partial charge in [-0.2, -0.15) is 5.10 Å². The molecule has 35 heavy (non-hydrogen) atoms. The van der Waals surface area contributed by atoms with Gasteiger partial charge in [0.1, 0.15) is 11.5 Å². The molecule has 180 valence electrons. The molecular weight excluding hydrogens is 448 g/mol. The highest BCUT2D eigenvalue weighted by Gasteiger charge is 2.14. The van der Waals surface area contributed by atoms with E-state index < -0.39 is 11.8 Å². The third-order valence-corrected chi connectivity index (χ3v) is 5.02. The molecule has 0 bridgehead atoms. The van der Waals surface area contributed by atoms with Gasteiger partial charge in [0.2, 0.25) is 0 Å². The van der Waals surface area contributed by atoms with Crippen molar-refractivity contribution < 1.29 is 23.9 Å². The number of benzene rings is 3. The summed E-state index contributed by atoms with van der Waals surface area (Å²) in [5.41, 5.74) is 5.84. The first-order valence-electron chi connectivity index (χ1n) is 10.7. The first kappa shape index (κ1) is 25.0. The standard InChI is InChI=1S/C26H26N4O5/c1-17-7-4-12-23(18(17)2)29-25(32)26(33)30-27-15-19-8-5-11-22(13-19)35-16-24(31)28-20-9-6-10-21(14-20)34-3/h4-15H,16H2,1-3H3,(H,28,31)(H,29,32)(H,30,33)/b27-15-. The average Bonchev–Trinajstić information content (AvgIpc) is 2.86. The number of carbonyl (C=O) groups is 3. The fourth-order valence-electron chi connectivity index (χ4n) is 3.01. The smallest absolute Gasteiger partial charge is 0.329 e. The van der Waals surface area contributed by atoms with Crippen molar-refractivity contribution in [2.75, 3.05) is 24.4 Å². The summed E-state index contributed by atoms with van der Waals surface area (Å²) >= 11 is 0. The van der Waals surface area contributed by atoms with Crippen molar-refractivity contribution in [1.82, 2.24) is 5.43 Å². The summed E-state index contributed by atoms with van der Waals surface area (Å²) in [6, 6.07) is 19.2. The molecule has 0 aliphatic heterocycles. The zero-order chi connectivity index (χ0) is 25.2. The van der Waals surface area contributed by atoms with E-state index in [-0.39, 0.29) is 12.5 Å². The minimum absolute atomic E-state index is 0.201. The van der Waals surface area contributed by atoms with Gasteiger partial charge in [-0.15, -0.1) is 0 Å². The van der Waals surface area contributed by atoms with Gasteiger partial charge in [0.25, 0.3) is 5.91 Å². The Labute approximate surface area is 203 Å². The molecule has 0 saturated heterocycles. The maximum absolute atomic E-state index is 12.2. The first-order valence-corrected chi connectivity index (χ1v) is 10.7. The minimum Gasteiger partial charge on any atom is -0.497 e. The van der Waals surface area contributed by atoms with E-state index in [0.717, 1.165) is 11.1 Å². The second-order valence-corrected chi connectivity index (χ2v) is 7.54. The van der Waals surface area contributed by atoms with Crippen molar-refractivity contribution in [3.8, 4) is 11.5 Å². The molecule has 3 N–H and O–H groups in total. The maximum atomic E-state index is 12.2. The second kappa shape index (κ2) is 12.0. The molecule has 0 atom stereocenters. The van der Waals surface area contributed by atoms with E-state index >= 15 is 0 Å². The molecule has 0 heterocycles. The number of methoxy groups -OCH3 is 1. The summed E-state index contributed by atoms with van der Waals surface area (Å²) in [4.78, 5) is 36.3. The van der Waals surface area contributed by atoms with Crippen LogP contribution in [0.1, 0.15) is 16.7 Å². The van der Waals surface area contributed by atoms with Crippen LogP contribution in [0.4, 0.5) is 11.4 Å². The van der Waals surface area contributed by atoms with Crippen molar-refractivity contribution >= 4 is 35.3 Å². The Morgan fingerprint density at radius 3 is 2.43 bits per heavy atom. The summed E-state index contributed by atoms with van der Waals surface area (Å²) < 4.78 is 10.7. The fourth-order valence-corrected chi connectivity index (χ4v) is 3.01. The summed E-state index contributed by atoms with van der Waals surface area (Å²) in [6.07, 6.45) is 1.37. The highest BCUT2D eigenvalue weighted by Crippen LogP contribution is 2.18. The molecule has 0 unspecified atom stereocenters. The topological polar surface area (TPSA) is 118 Å². The highest BCUT2D eigenvalue weighted by molar-refractivity contribution is 6.39. The van der Waals surface area contributed by atoms with Crippen LogP contribution < -0.4 is 25.5 Å². The highest BCUT2D eigenvalue weighted by atomic mass is 16.5. The summed E-state index contributed by atoms with van der Waals surface area (Å²) in [6.45, 7) is 3.58. The quantitative estimate of drug-likeness (QED) is 0.263. The van der Waals surface area contributed by atoms with Gasteiger partial charge in [0.05, 0.1) is 13.3 Å². The number of anilines is 2. The van der Waals surface area contributed by atoms with E-state index in [4.69, 9.17) is 9.47 Å². The van der Waals surface area contributed by atoms with E-state index in [1.165, 1.54) is 6.21 Å². The molecule has 0 saturated carbocycles. The van der Waals surface area contributed by atoms with Crippen molar-refractivity contribution in [3.63, 3.8) is 0 Å². The van der Waals surface area contributed by atoms with Gasteiger partial charge in [0, 0.05) is 17.4 Å². The lowest BCUT2D eigenvalue weighted by molar-refractivity contribution is -0.136. The van der Waals surface area contributed by atoms with Crippen molar-refractivity contribution in [1.29, 1.82) is 0 Å². The summed E-state index contributed by atoms with van der Waals surface area (Å²) in [7, 11) is 1.55. The van der Waals surface area contributed by atoms with Crippen LogP contribution in [-0.4, -0.2) is 37.7 Å². The number of carbonyl (C=O) groups excluding carboxylic acids is 3. The molecule has 9 heteroatoms. The molecule has 3 amide bonds. The molecule has 0 aliphatic rings. The van der Waals surface area contributed by atoms with E-state index in [1.54, 1.807) is 67.8 Å². The van der Waals surface area contributed by atoms with E-state index in [2.05, 4.69) is 21.2 Å². The number of hydrazone groups is 1. The minimum atomic E-state index is -0.899. The molecular formula is C26H26N4O5. The van der Waals surface area contributed by atoms with Crippen LogP contribution in [0.15, 0.2) is 71.8 Å². The number of hydrogen-bond acceptors (Lipinski definition) is 6. The van der Waals surface area contributed by atoms with Crippen LogP contribution in [0.25, 0.3) is 0 Å². The Hall–Kier alpha value is -4.66. The summed E-state index contributed by atoms with van der Waals surface area (Å²) in [5, 5.41) is 9.12. The van der Waals surface area contributed by atoms with E-state index in [1.807, 2.05) is 19.9 Å². The zero-order valence-electron chi connectivity index (χ0n) is 19.6. The van der Waals surface area contributed by atoms with Crippen LogP contribution in [0, 0.1) is 13.8 Å². The van der Waals surface area contributed by atoms with Gasteiger partial charge in [-0.1, -0.05) is 30.3 Å². The van der Waals surface area contributed by atoms with Crippen LogP contribution in [0.5, 0.6) is 11.5 Å². The van der Waals surface area contributed by atoms with Crippen molar-refractivity contribution in [2.24, 2.45) is 5.10 Å². The van der Waals surface area contributed by atoms with Gasteiger partial charge in [-0.05, 0) is 60.9 Å². The van der Waals surface area contributed by atoms with Gasteiger partial charge in [-0.3, -0.25) is 14.4 Å². The predicted octanol–water partition coefficient (Wildman–Crippen LogP) is 3.42. The Balaban J connectivity index is 1.49. The molecule has 0 fully saturated rings. The number of aryl methyl sites for hydroxylation is 1. The lowest BCUT2D eigenvalue weighted by atomic mass is 10.1. The number of nitrogens with one attached hydrogen (secondary N) is 3. The lowest BCUT2D eigenvalue weighted by Gasteiger charge is -2.09. The molecule has 0 spiro atoms. The number of rotatable bonds is 8. The molecule has 0 radical (unpaired) electrons. The van der Waals surface area contributed by atoms with Crippen molar-refractivity contribution in [3.05, 3.63) is 83.4 Å². The molecule has 9 nitrogen and oxygen atoms in total. The van der Waals surface area contributed by atoms with E-state index in [9.17, 15) is 14.4 Å². The Morgan fingerprint density at radius 1 is 0.886 bits per heavy atom. The van der Waals surface area contributed by atoms with Crippen LogP contribution >= 0.6 is 0 Å². The van der Waals surface area contributed by atoms with Crippen molar-refractivity contribution in [2.45, 2.75) is 13.8 Å². The molecule has 0 aliphatic carbocycles. The van der Waals surface area contributed by atoms with E-state index in [0.29, 0.717) is 28.4 Å². The number of nitrogens with zero attached hydrogens (tertiary/aromatic N) is 1. The third-order valence-electron chi connectivity index (χ3n) is 5.02. The van der Waals surface area contributed by atoms with Gasteiger partial charge >= 0.3 is 11.8 Å². The second-order valence-electron chi connectivity index (χ2n) is 7.54. The first-order chi connectivity index (χ1) is 16.9. The molecule has 3 aromatic rings. The van der Waals surface area contributed by atoms with Gasteiger partial charge in [0.15, 0.2) is 6.61 Å². The lowest BCUT2D eigenvalue weighted by Crippen LogP contribution is -2.32. The third kappa shape index (κ3) is 7.43. The SMILES string of the molecule is COc1cccc(NC(=O)COc2cccc(/C=N\NC(=O)C(=O)Nc3cccc(C)c3C)c2)c1. The Morgan fingerprint density at radius 2 is 1.63 bits per heavy atom. The van der Waals surface area contributed by atoms with Crippen LogP contribution in [-0.2, 0) is 14.4 Å². The molecule has 3 aromatic carbocycles. The largest absolute Gasteiger partial charge is 0.497 e. The molecule has 3 rings (SSSR count). The fraction of sp³-hybridized carbons (Fsp3) is 0.154. The number of ether oxygens (including phenoxy) is 2.